The minimum Gasteiger partial charge on any atom is -0.481 e. The molecule has 0 saturated heterocycles. The minimum atomic E-state index is -0.824. The first-order valence-corrected chi connectivity index (χ1v) is 7.44. The average Bonchev–Trinajstić information content (AvgIpc) is 2.61. The highest BCUT2D eigenvalue weighted by Crippen LogP contribution is 2.26. The second-order valence-electron chi connectivity index (χ2n) is 5.17. The van der Waals surface area contributed by atoms with E-state index in [1.54, 1.807) is 0 Å². The van der Waals surface area contributed by atoms with Crippen molar-refractivity contribution in [3.63, 3.8) is 0 Å². The van der Waals surface area contributed by atoms with E-state index < -0.39 is 5.97 Å². The van der Waals surface area contributed by atoms with Crippen molar-refractivity contribution in [2.24, 2.45) is 5.92 Å². The lowest BCUT2D eigenvalue weighted by atomic mass is 10.0. The van der Waals surface area contributed by atoms with Crippen molar-refractivity contribution in [2.45, 2.75) is 51.5 Å². The van der Waals surface area contributed by atoms with Gasteiger partial charge in [-0.1, -0.05) is 19.8 Å². The minimum absolute atomic E-state index is 0.0138. The zero-order chi connectivity index (χ0) is 13.0. The van der Waals surface area contributed by atoms with Crippen LogP contribution in [0, 0.1) is 5.92 Å². The van der Waals surface area contributed by atoms with Crippen molar-refractivity contribution in [2.75, 3.05) is 5.32 Å². The molecule has 1 aromatic rings. The van der Waals surface area contributed by atoms with E-state index in [1.165, 1.54) is 43.4 Å². The van der Waals surface area contributed by atoms with E-state index in [-0.39, 0.29) is 6.42 Å². The van der Waals surface area contributed by atoms with Gasteiger partial charge in [-0.05, 0) is 25.2 Å². The Hall–Kier alpha value is -1.10. The molecular formula is C13H20N2O2S. The second-order valence-corrected chi connectivity index (χ2v) is 6.03. The Kier molecular flexibility index (Phi) is 4.58. The number of anilines is 1. The number of nitrogens with one attached hydrogen (secondary N) is 1. The van der Waals surface area contributed by atoms with E-state index in [2.05, 4.69) is 17.2 Å². The molecule has 4 nitrogen and oxygen atoms in total. The number of thiazole rings is 1. The van der Waals surface area contributed by atoms with Crippen LogP contribution in [0.2, 0.25) is 0 Å². The number of nitrogens with zero attached hydrogens (tertiary/aromatic N) is 1. The van der Waals surface area contributed by atoms with Crippen molar-refractivity contribution in [1.29, 1.82) is 0 Å². The zero-order valence-corrected chi connectivity index (χ0v) is 11.5. The first-order chi connectivity index (χ1) is 8.63. The maximum Gasteiger partial charge on any atom is 0.309 e. The van der Waals surface area contributed by atoms with Gasteiger partial charge in [0, 0.05) is 11.4 Å². The van der Waals surface area contributed by atoms with Crippen molar-refractivity contribution in [3.8, 4) is 0 Å². The molecule has 5 heteroatoms. The molecule has 2 atom stereocenters. The third-order valence-electron chi connectivity index (χ3n) is 3.47. The van der Waals surface area contributed by atoms with Crippen molar-refractivity contribution in [3.05, 3.63) is 11.1 Å². The molecule has 1 aliphatic carbocycles. The highest BCUT2D eigenvalue weighted by Gasteiger charge is 2.17. The van der Waals surface area contributed by atoms with Crippen LogP contribution >= 0.6 is 11.3 Å². The summed E-state index contributed by atoms with van der Waals surface area (Å²) in [5.41, 5.74) is 0.650. The number of aromatic nitrogens is 1. The smallest absolute Gasteiger partial charge is 0.309 e. The molecule has 0 bridgehead atoms. The molecule has 0 aromatic carbocycles. The molecule has 1 fully saturated rings. The molecule has 0 spiro atoms. The first kappa shape index (κ1) is 13.3. The second kappa shape index (κ2) is 6.18. The number of aliphatic carboxylic acids is 1. The molecule has 0 aliphatic heterocycles. The van der Waals surface area contributed by atoms with Gasteiger partial charge in [0.15, 0.2) is 5.13 Å². The molecule has 1 heterocycles. The summed E-state index contributed by atoms with van der Waals surface area (Å²) in [7, 11) is 0. The number of hydrogen-bond donors (Lipinski definition) is 2. The van der Waals surface area contributed by atoms with Crippen LogP contribution in [0.15, 0.2) is 5.38 Å². The average molecular weight is 268 g/mol. The van der Waals surface area contributed by atoms with Gasteiger partial charge in [0.2, 0.25) is 0 Å². The fourth-order valence-corrected chi connectivity index (χ4v) is 3.20. The van der Waals surface area contributed by atoms with Crippen molar-refractivity contribution in [1.82, 2.24) is 4.98 Å². The Bertz CT molecular complexity index is 405. The van der Waals surface area contributed by atoms with Gasteiger partial charge in [0.1, 0.15) is 0 Å². The molecule has 2 unspecified atom stereocenters. The van der Waals surface area contributed by atoms with Gasteiger partial charge in [0.05, 0.1) is 12.1 Å². The Balaban J connectivity index is 1.88. The Morgan fingerprint density at radius 1 is 1.50 bits per heavy atom. The summed E-state index contributed by atoms with van der Waals surface area (Å²) in [6, 6.07) is 0.499. The Labute approximate surface area is 111 Å². The van der Waals surface area contributed by atoms with Crippen LogP contribution < -0.4 is 5.32 Å². The predicted molar refractivity (Wildman–Crippen MR) is 73.1 cm³/mol. The van der Waals surface area contributed by atoms with Crippen LogP contribution in [0.5, 0.6) is 0 Å². The molecule has 1 aliphatic rings. The summed E-state index contributed by atoms with van der Waals surface area (Å²) in [6.07, 6.45) is 6.25. The maximum absolute atomic E-state index is 10.6. The third-order valence-corrected chi connectivity index (χ3v) is 4.29. The molecule has 0 radical (unpaired) electrons. The number of carbonyl (C=O) groups is 1. The lowest BCUT2D eigenvalue weighted by molar-refractivity contribution is -0.136. The monoisotopic (exact) mass is 268 g/mol. The number of carboxylic acid groups (broad SMARTS) is 1. The summed E-state index contributed by atoms with van der Waals surface area (Å²) < 4.78 is 0. The summed E-state index contributed by atoms with van der Waals surface area (Å²) in [4.78, 5) is 14.9. The van der Waals surface area contributed by atoms with Gasteiger partial charge in [-0.15, -0.1) is 11.3 Å². The molecule has 1 aromatic heterocycles. The van der Waals surface area contributed by atoms with Gasteiger partial charge in [-0.3, -0.25) is 4.79 Å². The topological polar surface area (TPSA) is 62.2 Å². The summed E-state index contributed by atoms with van der Waals surface area (Å²) in [6.45, 7) is 2.32. The van der Waals surface area contributed by atoms with Gasteiger partial charge >= 0.3 is 5.97 Å². The number of rotatable bonds is 4. The fraction of sp³-hybridized carbons (Fsp3) is 0.692. The van der Waals surface area contributed by atoms with Crippen LogP contribution in [0.25, 0.3) is 0 Å². The van der Waals surface area contributed by atoms with E-state index in [0.717, 1.165) is 11.0 Å². The van der Waals surface area contributed by atoms with E-state index in [9.17, 15) is 4.79 Å². The fourth-order valence-electron chi connectivity index (χ4n) is 2.42. The molecule has 2 N–H and O–H groups in total. The summed E-state index contributed by atoms with van der Waals surface area (Å²) >= 11 is 1.51. The molecule has 2 rings (SSSR count). The SMILES string of the molecule is CC1CCCC(Nc2nc(CC(=O)O)cs2)CC1. The lowest BCUT2D eigenvalue weighted by Crippen LogP contribution is -2.18. The van der Waals surface area contributed by atoms with E-state index >= 15 is 0 Å². The van der Waals surface area contributed by atoms with E-state index in [0.29, 0.717) is 11.7 Å². The van der Waals surface area contributed by atoms with Crippen LogP contribution in [0.1, 0.15) is 44.7 Å². The number of carboxylic acids is 1. The Morgan fingerprint density at radius 2 is 2.33 bits per heavy atom. The quantitative estimate of drug-likeness (QED) is 0.823. The highest BCUT2D eigenvalue weighted by atomic mass is 32.1. The standard InChI is InChI=1S/C13H20N2O2S/c1-9-3-2-4-10(6-5-9)14-13-15-11(8-18-13)7-12(16)17/h8-10H,2-7H2,1H3,(H,14,15)(H,16,17). The van der Waals surface area contributed by atoms with Crippen molar-refractivity contribution < 1.29 is 9.90 Å². The van der Waals surface area contributed by atoms with Crippen LogP contribution in [0.3, 0.4) is 0 Å². The van der Waals surface area contributed by atoms with E-state index in [1.807, 2.05) is 5.38 Å². The summed E-state index contributed by atoms with van der Waals surface area (Å²) in [5.74, 6) is 0.00538. The zero-order valence-electron chi connectivity index (χ0n) is 10.7. The largest absolute Gasteiger partial charge is 0.481 e. The Morgan fingerprint density at radius 3 is 3.11 bits per heavy atom. The third kappa shape index (κ3) is 3.98. The molecule has 100 valence electrons. The molecule has 0 amide bonds. The van der Waals surface area contributed by atoms with Gasteiger partial charge in [0.25, 0.3) is 0 Å². The van der Waals surface area contributed by atoms with Gasteiger partial charge < -0.3 is 10.4 Å². The summed E-state index contributed by atoms with van der Waals surface area (Å²) in [5, 5.41) is 14.9. The molecule has 18 heavy (non-hydrogen) atoms. The van der Waals surface area contributed by atoms with Gasteiger partial charge in [-0.25, -0.2) is 4.98 Å². The highest BCUT2D eigenvalue weighted by molar-refractivity contribution is 7.13. The lowest BCUT2D eigenvalue weighted by Gasteiger charge is -2.15. The first-order valence-electron chi connectivity index (χ1n) is 6.56. The predicted octanol–water partition coefficient (Wildman–Crippen LogP) is 3.15. The van der Waals surface area contributed by atoms with Crippen LogP contribution in [-0.4, -0.2) is 22.1 Å². The van der Waals surface area contributed by atoms with E-state index in [4.69, 9.17) is 5.11 Å². The normalized spacial score (nSPS) is 24.5. The maximum atomic E-state index is 10.6. The molecular weight excluding hydrogens is 248 g/mol. The number of hydrogen-bond acceptors (Lipinski definition) is 4. The molecule has 1 saturated carbocycles. The van der Waals surface area contributed by atoms with Gasteiger partial charge in [-0.2, -0.15) is 0 Å². The van der Waals surface area contributed by atoms with Crippen molar-refractivity contribution >= 4 is 22.4 Å². The van der Waals surface area contributed by atoms with Crippen LogP contribution in [0.4, 0.5) is 5.13 Å². The van der Waals surface area contributed by atoms with Crippen LogP contribution in [-0.2, 0) is 11.2 Å².